The van der Waals surface area contributed by atoms with Gasteiger partial charge in [0.2, 0.25) is 0 Å². The second-order valence-electron chi connectivity index (χ2n) is 5.01. The minimum Gasteiger partial charge on any atom is -0.481 e. The average molecular weight is 238 g/mol. The zero-order valence-electron chi connectivity index (χ0n) is 10.1. The number of hydrogen-bond acceptors (Lipinski definition) is 3. The number of nitrogens with zero attached hydrogens (tertiary/aromatic N) is 2. The van der Waals surface area contributed by atoms with E-state index in [1.54, 1.807) is 26.4 Å². The molecule has 17 heavy (non-hydrogen) atoms. The molecular weight excluding hydrogens is 220 g/mol. The Kier molecular flexibility index (Phi) is 3.19. The molecule has 0 saturated heterocycles. The lowest BCUT2D eigenvalue weighted by Crippen LogP contribution is -2.28. The molecule has 0 bridgehead atoms. The van der Waals surface area contributed by atoms with Crippen LogP contribution in [0.5, 0.6) is 0 Å². The van der Waals surface area contributed by atoms with E-state index in [0.717, 1.165) is 12.8 Å². The first-order valence-corrected chi connectivity index (χ1v) is 5.95. The molecule has 94 valence electrons. The molecule has 0 spiro atoms. The van der Waals surface area contributed by atoms with Gasteiger partial charge >= 0.3 is 5.97 Å². The number of aliphatic hydroxyl groups is 1. The van der Waals surface area contributed by atoms with Gasteiger partial charge in [-0.3, -0.25) is 4.79 Å². The van der Waals surface area contributed by atoms with Crippen LogP contribution in [0.4, 0.5) is 0 Å². The van der Waals surface area contributed by atoms with E-state index in [1.165, 1.54) is 0 Å². The molecule has 1 saturated carbocycles. The molecule has 1 aromatic heterocycles. The fraction of sp³-hybridized carbons (Fsp3) is 0.667. The average Bonchev–Trinajstić information content (AvgIpc) is 2.94. The maximum atomic E-state index is 11.2. The highest BCUT2D eigenvalue weighted by Gasteiger charge is 2.35. The Labute approximate surface area is 100 Å². The van der Waals surface area contributed by atoms with Gasteiger partial charge in [-0.25, -0.2) is 4.98 Å². The maximum absolute atomic E-state index is 11.2. The van der Waals surface area contributed by atoms with Crippen molar-refractivity contribution < 1.29 is 15.0 Å². The van der Waals surface area contributed by atoms with E-state index in [4.69, 9.17) is 5.11 Å². The summed E-state index contributed by atoms with van der Waals surface area (Å²) in [6.07, 6.45) is 4.41. The van der Waals surface area contributed by atoms with Gasteiger partial charge in [0.05, 0.1) is 24.1 Å². The normalized spacial score (nSPS) is 19.3. The largest absolute Gasteiger partial charge is 0.481 e. The number of aliphatic carboxylic acids is 1. The van der Waals surface area contributed by atoms with Crippen molar-refractivity contribution in [1.82, 2.24) is 9.55 Å². The summed E-state index contributed by atoms with van der Waals surface area (Å²) in [6.45, 7) is 3.61. The molecule has 2 unspecified atom stereocenters. The second kappa shape index (κ2) is 4.49. The van der Waals surface area contributed by atoms with Crippen LogP contribution < -0.4 is 0 Å². The molecule has 1 aromatic rings. The Balaban J connectivity index is 2.25. The molecule has 2 rings (SSSR count). The predicted molar refractivity (Wildman–Crippen MR) is 61.4 cm³/mol. The molecular formula is C12H18N2O3. The van der Waals surface area contributed by atoms with E-state index in [1.807, 2.05) is 4.57 Å². The first-order chi connectivity index (χ1) is 8.02. The third-order valence-corrected chi connectivity index (χ3v) is 3.28. The highest BCUT2D eigenvalue weighted by molar-refractivity contribution is 5.71. The van der Waals surface area contributed by atoms with Crippen LogP contribution in [-0.4, -0.2) is 25.7 Å². The summed E-state index contributed by atoms with van der Waals surface area (Å²) in [5.74, 6) is -1.87. The molecule has 2 atom stereocenters. The van der Waals surface area contributed by atoms with Crippen LogP contribution >= 0.6 is 0 Å². The summed E-state index contributed by atoms with van der Waals surface area (Å²) in [5.41, 5.74) is 0.619. The summed E-state index contributed by atoms with van der Waals surface area (Å²) >= 11 is 0. The third-order valence-electron chi connectivity index (χ3n) is 3.28. The predicted octanol–water partition coefficient (Wildman–Crippen LogP) is 1.61. The summed E-state index contributed by atoms with van der Waals surface area (Å²) < 4.78 is 1.91. The zero-order chi connectivity index (χ0) is 12.6. The summed E-state index contributed by atoms with van der Waals surface area (Å²) in [6, 6.07) is 0.392. The lowest BCUT2D eigenvalue weighted by molar-refractivity contribution is -0.148. The molecule has 5 nitrogen and oxygen atoms in total. The Morgan fingerprint density at radius 2 is 2.18 bits per heavy atom. The quantitative estimate of drug-likeness (QED) is 0.817. The summed E-state index contributed by atoms with van der Waals surface area (Å²) in [4.78, 5) is 15.2. The van der Waals surface area contributed by atoms with Crippen LogP contribution in [0, 0.1) is 11.8 Å². The fourth-order valence-electron chi connectivity index (χ4n) is 2.17. The number of hydrogen-bond donors (Lipinski definition) is 2. The van der Waals surface area contributed by atoms with Crippen molar-refractivity contribution >= 4 is 5.97 Å². The molecule has 0 amide bonds. The number of aromatic nitrogens is 2. The molecule has 1 aliphatic carbocycles. The number of carbonyl (C=O) groups is 1. The zero-order valence-corrected chi connectivity index (χ0v) is 10.1. The van der Waals surface area contributed by atoms with E-state index in [9.17, 15) is 9.90 Å². The smallest absolute Gasteiger partial charge is 0.309 e. The Morgan fingerprint density at radius 1 is 1.53 bits per heavy atom. The number of imidazole rings is 1. The highest BCUT2D eigenvalue weighted by Crippen LogP contribution is 2.38. The minimum atomic E-state index is -0.990. The molecule has 0 aliphatic heterocycles. The molecule has 1 aliphatic rings. The van der Waals surface area contributed by atoms with Gasteiger partial charge in [0.1, 0.15) is 6.10 Å². The van der Waals surface area contributed by atoms with Crippen molar-refractivity contribution in [2.75, 3.05) is 0 Å². The van der Waals surface area contributed by atoms with Crippen molar-refractivity contribution in [2.45, 2.75) is 38.8 Å². The topological polar surface area (TPSA) is 75.3 Å². The number of carboxylic acid groups (broad SMARTS) is 1. The Bertz CT molecular complexity index is 410. The van der Waals surface area contributed by atoms with Gasteiger partial charge in [-0.2, -0.15) is 0 Å². The van der Waals surface area contributed by atoms with Crippen molar-refractivity contribution in [2.24, 2.45) is 11.8 Å². The van der Waals surface area contributed by atoms with Gasteiger partial charge in [0.25, 0.3) is 0 Å². The lowest BCUT2D eigenvalue weighted by Gasteiger charge is -2.23. The Morgan fingerprint density at radius 3 is 2.65 bits per heavy atom. The first kappa shape index (κ1) is 12.1. The standard InChI is InChI=1S/C12H18N2O3/c1-7(2)10(12(16)17)11(15)9-5-13-6-14(9)8-3-4-8/h5-8,10-11,15H,3-4H2,1-2H3,(H,16,17). The van der Waals surface area contributed by atoms with E-state index < -0.39 is 18.0 Å². The minimum absolute atomic E-state index is 0.120. The number of rotatable bonds is 5. The molecule has 5 heteroatoms. The van der Waals surface area contributed by atoms with Crippen molar-refractivity contribution in [3.63, 3.8) is 0 Å². The lowest BCUT2D eigenvalue weighted by atomic mass is 9.89. The molecule has 1 fully saturated rings. The molecule has 0 radical (unpaired) electrons. The van der Waals surface area contributed by atoms with Crippen molar-refractivity contribution in [3.05, 3.63) is 18.2 Å². The van der Waals surface area contributed by atoms with Crippen LogP contribution in [-0.2, 0) is 4.79 Å². The second-order valence-corrected chi connectivity index (χ2v) is 5.01. The summed E-state index contributed by atoms with van der Waals surface area (Å²) in [7, 11) is 0. The van der Waals surface area contributed by atoms with E-state index in [0.29, 0.717) is 11.7 Å². The van der Waals surface area contributed by atoms with Gasteiger partial charge in [-0.15, -0.1) is 0 Å². The van der Waals surface area contributed by atoms with Crippen molar-refractivity contribution in [1.29, 1.82) is 0 Å². The maximum Gasteiger partial charge on any atom is 0.309 e. The SMILES string of the molecule is CC(C)C(C(=O)O)C(O)c1cncn1C1CC1. The van der Waals surface area contributed by atoms with Crippen LogP contribution in [0.1, 0.15) is 44.5 Å². The van der Waals surface area contributed by atoms with Gasteiger partial charge < -0.3 is 14.8 Å². The van der Waals surface area contributed by atoms with Crippen molar-refractivity contribution in [3.8, 4) is 0 Å². The fourth-order valence-corrected chi connectivity index (χ4v) is 2.17. The number of carboxylic acids is 1. The van der Waals surface area contributed by atoms with Gasteiger partial charge in [-0.1, -0.05) is 13.8 Å². The van der Waals surface area contributed by atoms with Crippen LogP contribution in [0.3, 0.4) is 0 Å². The first-order valence-electron chi connectivity index (χ1n) is 5.95. The van der Waals surface area contributed by atoms with Gasteiger partial charge in [-0.05, 0) is 18.8 Å². The van der Waals surface area contributed by atoms with E-state index >= 15 is 0 Å². The van der Waals surface area contributed by atoms with E-state index in [-0.39, 0.29) is 5.92 Å². The highest BCUT2D eigenvalue weighted by atomic mass is 16.4. The third kappa shape index (κ3) is 2.34. The molecule has 1 heterocycles. The monoisotopic (exact) mass is 238 g/mol. The van der Waals surface area contributed by atoms with Gasteiger partial charge in [0.15, 0.2) is 0 Å². The van der Waals surface area contributed by atoms with Gasteiger partial charge in [0, 0.05) is 6.04 Å². The van der Waals surface area contributed by atoms with Crippen LogP contribution in [0.15, 0.2) is 12.5 Å². The summed E-state index contributed by atoms with van der Waals surface area (Å²) in [5, 5.41) is 19.4. The number of aliphatic hydroxyl groups excluding tert-OH is 1. The Hall–Kier alpha value is -1.36. The molecule has 0 aromatic carbocycles. The molecule has 2 N–H and O–H groups in total. The van der Waals surface area contributed by atoms with Crippen LogP contribution in [0.25, 0.3) is 0 Å². The van der Waals surface area contributed by atoms with Crippen LogP contribution in [0.2, 0.25) is 0 Å². The van der Waals surface area contributed by atoms with E-state index in [2.05, 4.69) is 4.98 Å².